The Labute approximate surface area is 179 Å². The van der Waals surface area contributed by atoms with Crippen molar-refractivity contribution in [2.24, 2.45) is 4.99 Å². The van der Waals surface area contributed by atoms with E-state index in [1.807, 2.05) is 26.0 Å². The van der Waals surface area contributed by atoms with Gasteiger partial charge in [0.1, 0.15) is 0 Å². The van der Waals surface area contributed by atoms with Crippen molar-refractivity contribution in [2.75, 3.05) is 20.3 Å². The molecule has 1 N–H and O–H groups in total. The molecule has 1 fully saturated rings. The van der Waals surface area contributed by atoms with E-state index in [1.165, 1.54) is 23.9 Å². The van der Waals surface area contributed by atoms with Gasteiger partial charge < -0.3 is 14.6 Å². The molecule has 1 amide bonds. The van der Waals surface area contributed by atoms with E-state index >= 15 is 0 Å². The van der Waals surface area contributed by atoms with E-state index in [-0.39, 0.29) is 11.5 Å². The van der Waals surface area contributed by atoms with Crippen LogP contribution in [-0.4, -0.2) is 47.3 Å². The first kappa shape index (κ1) is 21.4. The zero-order chi connectivity index (χ0) is 21.7. The number of nitrogens with zero attached hydrogens (tertiary/aromatic N) is 2. The Bertz CT molecular complexity index is 1030. The highest BCUT2D eigenvalue weighted by Crippen LogP contribution is 2.35. The average Bonchev–Trinajstić information content (AvgIpc) is 3.02. The Balaban J connectivity index is 1.93. The van der Waals surface area contributed by atoms with Crippen LogP contribution in [0.3, 0.4) is 0 Å². The number of amides is 1. The predicted octanol–water partition coefficient (Wildman–Crippen LogP) is 4.42. The Hall–Kier alpha value is -3.26. The molecule has 7 nitrogen and oxygen atoms in total. The van der Waals surface area contributed by atoms with E-state index in [2.05, 4.69) is 4.99 Å². The van der Waals surface area contributed by atoms with Crippen LogP contribution in [0.4, 0.5) is 5.69 Å². The minimum absolute atomic E-state index is 0.145. The molecule has 2 aromatic rings. The van der Waals surface area contributed by atoms with Gasteiger partial charge in [0.2, 0.25) is 0 Å². The van der Waals surface area contributed by atoms with Crippen LogP contribution in [0.1, 0.15) is 29.8 Å². The predicted molar refractivity (Wildman–Crippen MR) is 118 cm³/mol. The summed E-state index contributed by atoms with van der Waals surface area (Å²) in [5, 5.41) is 9.68. The molecule has 0 radical (unpaired) electrons. The van der Waals surface area contributed by atoms with Crippen LogP contribution < -0.4 is 9.47 Å². The highest BCUT2D eigenvalue weighted by Gasteiger charge is 2.32. The molecule has 0 aromatic heterocycles. The van der Waals surface area contributed by atoms with Gasteiger partial charge in [0.25, 0.3) is 5.91 Å². The number of hydrogen-bond acceptors (Lipinski definition) is 6. The number of rotatable bonds is 7. The fraction of sp³-hybridized carbons (Fsp3) is 0.227. The Morgan fingerprint density at radius 3 is 2.67 bits per heavy atom. The van der Waals surface area contributed by atoms with Crippen LogP contribution in [0.25, 0.3) is 6.08 Å². The van der Waals surface area contributed by atoms with Crippen molar-refractivity contribution in [3.05, 3.63) is 58.5 Å². The minimum Gasteiger partial charge on any atom is -0.493 e. The number of thioether (sulfide) groups is 1. The molecule has 1 aliphatic rings. The Morgan fingerprint density at radius 2 is 2.00 bits per heavy atom. The van der Waals surface area contributed by atoms with Gasteiger partial charge in [-0.1, -0.05) is 12.1 Å². The summed E-state index contributed by atoms with van der Waals surface area (Å²) in [6.45, 7) is 4.71. The number of aliphatic imine (C=N–C) groups is 1. The lowest BCUT2D eigenvalue weighted by atomic mass is 10.2. The van der Waals surface area contributed by atoms with Gasteiger partial charge in [0.15, 0.2) is 16.7 Å². The molecule has 0 saturated carbocycles. The number of hydrogen-bond donors (Lipinski definition) is 1. The van der Waals surface area contributed by atoms with Crippen LogP contribution in [0.15, 0.2) is 52.4 Å². The van der Waals surface area contributed by atoms with Gasteiger partial charge in [-0.05, 0) is 67.6 Å². The molecule has 3 rings (SSSR count). The fourth-order valence-corrected chi connectivity index (χ4v) is 3.95. The van der Waals surface area contributed by atoms with Gasteiger partial charge in [-0.2, -0.15) is 0 Å². The van der Waals surface area contributed by atoms with Crippen molar-refractivity contribution in [2.45, 2.75) is 13.8 Å². The molecule has 0 spiro atoms. The Kier molecular flexibility index (Phi) is 6.79. The number of ether oxygens (including phenoxy) is 2. The number of carboxylic acids is 1. The molecule has 0 bridgehead atoms. The number of likely N-dealkylation sites (N-methyl/N-ethyl adjacent to an activating group) is 1. The van der Waals surface area contributed by atoms with Crippen LogP contribution >= 0.6 is 11.8 Å². The van der Waals surface area contributed by atoms with Gasteiger partial charge in [-0.25, -0.2) is 9.79 Å². The quantitative estimate of drug-likeness (QED) is 0.660. The number of benzene rings is 2. The van der Waals surface area contributed by atoms with Crippen LogP contribution in [-0.2, 0) is 4.79 Å². The van der Waals surface area contributed by atoms with E-state index in [1.54, 1.807) is 36.3 Å². The molecule has 0 aliphatic carbocycles. The third kappa shape index (κ3) is 4.65. The molecule has 2 aromatic carbocycles. The van der Waals surface area contributed by atoms with Crippen molar-refractivity contribution >= 4 is 40.6 Å². The SMILES string of the molecule is CCOc1cc(/C=C2/SC(=Nc3cccc(C(=O)O)c3)N(CC)C2=O)ccc1OC. The number of methoxy groups -OCH3 is 1. The average molecular weight is 426 g/mol. The Morgan fingerprint density at radius 1 is 1.20 bits per heavy atom. The van der Waals surface area contributed by atoms with Crippen molar-refractivity contribution in [3.63, 3.8) is 0 Å². The number of carboxylic acid groups (broad SMARTS) is 1. The summed E-state index contributed by atoms with van der Waals surface area (Å²) < 4.78 is 10.9. The second-order valence-electron chi connectivity index (χ2n) is 6.25. The summed E-state index contributed by atoms with van der Waals surface area (Å²) in [5.74, 6) is 0.0610. The van der Waals surface area contributed by atoms with Gasteiger partial charge in [-0.15, -0.1) is 0 Å². The summed E-state index contributed by atoms with van der Waals surface area (Å²) in [5.41, 5.74) is 1.43. The maximum Gasteiger partial charge on any atom is 0.335 e. The van der Waals surface area contributed by atoms with E-state index in [0.717, 1.165) is 5.56 Å². The summed E-state index contributed by atoms with van der Waals surface area (Å²) in [6.07, 6.45) is 1.79. The van der Waals surface area contributed by atoms with Gasteiger partial charge in [-0.3, -0.25) is 9.69 Å². The van der Waals surface area contributed by atoms with Crippen LogP contribution in [0, 0.1) is 0 Å². The first-order valence-corrected chi connectivity index (χ1v) is 10.2. The summed E-state index contributed by atoms with van der Waals surface area (Å²) in [6, 6.07) is 11.8. The lowest BCUT2D eigenvalue weighted by molar-refractivity contribution is -0.122. The first-order valence-electron chi connectivity index (χ1n) is 9.41. The third-order valence-corrected chi connectivity index (χ3v) is 5.31. The zero-order valence-corrected chi connectivity index (χ0v) is 17.7. The lowest BCUT2D eigenvalue weighted by Gasteiger charge is -2.12. The van der Waals surface area contributed by atoms with Crippen molar-refractivity contribution < 1.29 is 24.2 Å². The lowest BCUT2D eigenvalue weighted by Crippen LogP contribution is -2.28. The van der Waals surface area contributed by atoms with E-state index in [9.17, 15) is 9.59 Å². The maximum atomic E-state index is 12.9. The van der Waals surface area contributed by atoms with Crippen molar-refractivity contribution in [1.82, 2.24) is 4.90 Å². The highest BCUT2D eigenvalue weighted by atomic mass is 32.2. The van der Waals surface area contributed by atoms with Gasteiger partial charge >= 0.3 is 5.97 Å². The smallest absolute Gasteiger partial charge is 0.335 e. The zero-order valence-electron chi connectivity index (χ0n) is 16.9. The molecule has 8 heteroatoms. The normalized spacial score (nSPS) is 16.4. The molecule has 1 saturated heterocycles. The second kappa shape index (κ2) is 9.49. The molecular weight excluding hydrogens is 404 g/mol. The summed E-state index contributed by atoms with van der Waals surface area (Å²) >= 11 is 1.25. The van der Waals surface area contributed by atoms with Crippen molar-refractivity contribution in [3.8, 4) is 11.5 Å². The third-order valence-electron chi connectivity index (χ3n) is 4.31. The summed E-state index contributed by atoms with van der Waals surface area (Å²) in [4.78, 5) is 30.6. The highest BCUT2D eigenvalue weighted by molar-refractivity contribution is 8.18. The summed E-state index contributed by atoms with van der Waals surface area (Å²) in [7, 11) is 1.58. The molecular formula is C22H22N2O5S. The van der Waals surface area contributed by atoms with Crippen molar-refractivity contribution in [1.29, 1.82) is 0 Å². The number of amidine groups is 1. The number of carbonyl (C=O) groups excluding carboxylic acids is 1. The molecule has 0 atom stereocenters. The van der Waals surface area contributed by atoms with E-state index in [0.29, 0.717) is 40.4 Å². The monoisotopic (exact) mass is 426 g/mol. The van der Waals surface area contributed by atoms with Gasteiger partial charge in [0, 0.05) is 6.54 Å². The number of aromatic carboxylic acids is 1. The first-order chi connectivity index (χ1) is 14.5. The molecule has 156 valence electrons. The maximum absolute atomic E-state index is 12.9. The standard InChI is InChI=1S/C22H22N2O5S/c1-4-24-20(25)19(12-14-9-10-17(28-3)18(11-14)29-5-2)30-22(24)23-16-8-6-7-15(13-16)21(26)27/h6-13H,4-5H2,1-3H3,(H,26,27)/b19-12+,23-22?. The van der Waals surface area contributed by atoms with E-state index in [4.69, 9.17) is 14.6 Å². The molecule has 0 unspecified atom stereocenters. The van der Waals surface area contributed by atoms with Crippen LogP contribution in [0.5, 0.6) is 11.5 Å². The second-order valence-corrected chi connectivity index (χ2v) is 7.26. The molecule has 1 heterocycles. The van der Waals surface area contributed by atoms with Crippen LogP contribution in [0.2, 0.25) is 0 Å². The topological polar surface area (TPSA) is 88.4 Å². The molecule has 1 aliphatic heterocycles. The number of carbonyl (C=O) groups is 2. The minimum atomic E-state index is -1.02. The van der Waals surface area contributed by atoms with Gasteiger partial charge in [0.05, 0.1) is 29.9 Å². The largest absolute Gasteiger partial charge is 0.493 e. The fourth-order valence-electron chi connectivity index (χ4n) is 2.89. The molecule has 30 heavy (non-hydrogen) atoms. The van der Waals surface area contributed by atoms with E-state index < -0.39 is 5.97 Å².